The van der Waals surface area contributed by atoms with Gasteiger partial charge in [-0.05, 0) is 36.9 Å². The van der Waals surface area contributed by atoms with E-state index in [0.717, 1.165) is 18.4 Å². The lowest BCUT2D eigenvalue weighted by Gasteiger charge is -2.26. The van der Waals surface area contributed by atoms with Crippen molar-refractivity contribution in [3.8, 4) is 0 Å². The highest BCUT2D eigenvalue weighted by Crippen LogP contribution is 2.30. The molecule has 0 amide bonds. The smallest absolute Gasteiger partial charge is 0.0585 e. The number of hydrogen-bond acceptors (Lipinski definition) is 2. The molecule has 1 aliphatic carbocycles. The number of thiocarbonyl (C=S) groups is 1. The molecule has 0 aliphatic heterocycles. The van der Waals surface area contributed by atoms with E-state index in [0.29, 0.717) is 0 Å². The Kier molecular flexibility index (Phi) is 4.49. The molecule has 0 saturated heterocycles. The fourth-order valence-corrected chi connectivity index (χ4v) is 2.06. The first-order valence-electron chi connectivity index (χ1n) is 4.90. The van der Waals surface area contributed by atoms with Crippen molar-refractivity contribution >= 4 is 17.4 Å². The van der Waals surface area contributed by atoms with Gasteiger partial charge in [0.15, 0.2) is 0 Å². The van der Waals surface area contributed by atoms with E-state index in [1.807, 2.05) is 0 Å². The molecule has 0 atom stereocenters. The molecule has 0 heterocycles. The highest BCUT2D eigenvalue weighted by molar-refractivity contribution is 7.78. The lowest BCUT2D eigenvalue weighted by atomic mass is 9.81. The van der Waals surface area contributed by atoms with Crippen molar-refractivity contribution in [2.24, 2.45) is 16.8 Å². The third-order valence-electron chi connectivity index (χ3n) is 2.96. The number of aliphatic imine (C=N–C) groups is 1. The Balaban J connectivity index is 2.21. The van der Waals surface area contributed by atoms with Crippen LogP contribution in [0.15, 0.2) is 4.99 Å². The molecule has 1 fully saturated rings. The van der Waals surface area contributed by atoms with E-state index in [9.17, 15) is 0 Å². The van der Waals surface area contributed by atoms with Crippen LogP contribution in [-0.2, 0) is 0 Å². The fourth-order valence-electron chi connectivity index (χ4n) is 1.99. The van der Waals surface area contributed by atoms with E-state index in [4.69, 9.17) is 0 Å². The minimum Gasteiger partial charge on any atom is -0.232 e. The molecule has 2 heteroatoms. The first kappa shape index (κ1) is 9.88. The molecular weight excluding hydrogens is 166 g/mol. The predicted octanol–water partition coefficient (Wildman–Crippen LogP) is 3.31. The first-order chi connectivity index (χ1) is 5.86. The lowest BCUT2D eigenvalue weighted by Crippen LogP contribution is -2.15. The summed E-state index contributed by atoms with van der Waals surface area (Å²) < 4.78 is 0. The molecule has 0 unspecified atom stereocenters. The van der Waals surface area contributed by atoms with E-state index in [-0.39, 0.29) is 0 Å². The second kappa shape index (κ2) is 5.45. The molecule has 1 rings (SSSR count). The summed E-state index contributed by atoms with van der Waals surface area (Å²) >= 11 is 4.55. The second-order valence-electron chi connectivity index (χ2n) is 3.73. The lowest BCUT2D eigenvalue weighted by molar-refractivity contribution is 0.275. The Hall–Kier alpha value is -0.200. The average molecular weight is 183 g/mol. The second-order valence-corrected chi connectivity index (χ2v) is 3.91. The molecule has 0 bridgehead atoms. The zero-order valence-corrected chi connectivity index (χ0v) is 8.57. The Morgan fingerprint density at radius 2 is 1.83 bits per heavy atom. The minimum absolute atomic E-state index is 0.795. The number of isothiocyanates is 1. The number of nitrogens with zero attached hydrogens (tertiary/aromatic N) is 1. The minimum atomic E-state index is 0.795. The van der Waals surface area contributed by atoms with Crippen molar-refractivity contribution in [1.29, 1.82) is 0 Å². The first-order valence-corrected chi connectivity index (χ1v) is 5.31. The van der Waals surface area contributed by atoms with Gasteiger partial charge in [0.1, 0.15) is 0 Å². The Morgan fingerprint density at radius 3 is 2.33 bits per heavy atom. The Morgan fingerprint density at radius 1 is 1.25 bits per heavy atom. The van der Waals surface area contributed by atoms with E-state index >= 15 is 0 Å². The third-order valence-corrected chi connectivity index (χ3v) is 3.09. The van der Waals surface area contributed by atoms with Gasteiger partial charge >= 0.3 is 0 Å². The van der Waals surface area contributed by atoms with Crippen LogP contribution in [0.4, 0.5) is 0 Å². The van der Waals surface area contributed by atoms with Gasteiger partial charge in [-0.3, -0.25) is 0 Å². The highest BCUT2D eigenvalue weighted by atomic mass is 32.1. The van der Waals surface area contributed by atoms with Crippen LogP contribution in [0.1, 0.15) is 39.0 Å². The Bertz CT molecular complexity index is 165. The summed E-state index contributed by atoms with van der Waals surface area (Å²) in [5.74, 6) is 1.78. The van der Waals surface area contributed by atoms with Crippen LogP contribution >= 0.6 is 12.2 Å². The van der Waals surface area contributed by atoms with Crippen LogP contribution in [0.2, 0.25) is 0 Å². The monoisotopic (exact) mass is 183 g/mol. The molecular formula is C10H17NS. The molecule has 1 nitrogen and oxygen atoms in total. The van der Waals surface area contributed by atoms with Gasteiger partial charge in [0.05, 0.1) is 11.7 Å². The number of hydrogen-bond donors (Lipinski definition) is 0. The Labute approximate surface area is 80.3 Å². The molecule has 68 valence electrons. The summed E-state index contributed by atoms with van der Waals surface area (Å²) in [6, 6.07) is 0. The molecule has 1 aliphatic rings. The SMILES string of the molecule is CC[C@H]1CC[C@H](CN=C=S)CC1. The highest BCUT2D eigenvalue weighted by Gasteiger charge is 2.18. The van der Waals surface area contributed by atoms with Crippen LogP contribution in [0.3, 0.4) is 0 Å². The third kappa shape index (κ3) is 3.04. The average Bonchev–Trinajstić information content (AvgIpc) is 2.15. The van der Waals surface area contributed by atoms with Crippen molar-refractivity contribution in [2.45, 2.75) is 39.0 Å². The van der Waals surface area contributed by atoms with Gasteiger partial charge in [0.25, 0.3) is 0 Å². The topological polar surface area (TPSA) is 12.4 Å². The maximum atomic E-state index is 4.55. The molecule has 0 aromatic rings. The van der Waals surface area contributed by atoms with Gasteiger partial charge in [-0.25, -0.2) is 4.99 Å². The summed E-state index contributed by atoms with van der Waals surface area (Å²) in [4.78, 5) is 4.01. The van der Waals surface area contributed by atoms with Crippen LogP contribution in [0, 0.1) is 11.8 Å². The van der Waals surface area contributed by atoms with Crippen molar-refractivity contribution in [3.63, 3.8) is 0 Å². The summed E-state index contributed by atoms with van der Waals surface area (Å²) in [5.41, 5.74) is 0. The molecule has 0 spiro atoms. The number of rotatable bonds is 3. The van der Waals surface area contributed by atoms with Gasteiger partial charge in [-0.2, -0.15) is 0 Å². The summed E-state index contributed by atoms with van der Waals surface area (Å²) in [6.07, 6.45) is 6.84. The van der Waals surface area contributed by atoms with Crippen LogP contribution in [0.25, 0.3) is 0 Å². The van der Waals surface area contributed by atoms with Crippen molar-refractivity contribution < 1.29 is 0 Å². The quantitative estimate of drug-likeness (QED) is 0.483. The van der Waals surface area contributed by atoms with Gasteiger partial charge in [-0.15, -0.1) is 0 Å². The largest absolute Gasteiger partial charge is 0.232 e. The van der Waals surface area contributed by atoms with E-state index in [1.54, 1.807) is 0 Å². The van der Waals surface area contributed by atoms with Gasteiger partial charge in [-0.1, -0.05) is 26.2 Å². The standard InChI is InChI=1S/C10H17NS/c1-2-9-3-5-10(6-4-9)7-11-8-12/h9-10H,2-7H2,1H3/t9-,10-. The molecule has 1 saturated carbocycles. The van der Waals surface area contributed by atoms with Gasteiger partial charge < -0.3 is 0 Å². The van der Waals surface area contributed by atoms with Crippen LogP contribution in [0.5, 0.6) is 0 Å². The zero-order chi connectivity index (χ0) is 8.81. The van der Waals surface area contributed by atoms with Crippen LogP contribution in [-0.4, -0.2) is 11.7 Å². The fraction of sp³-hybridized carbons (Fsp3) is 0.900. The van der Waals surface area contributed by atoms with E-state index < -0.39 is 0 Å². The molecule has 0 aromatic heterocycles. The van der Waals surface area contributed by atoms with Crippen molar-refractivity contribution in [2.75, 3.05) is 6.54 Å². The van der Waals surface area contributed by atoms with E-state index in [2.05, 4.69) is 29.3 Å². The van der Waals surface area contributed by atoms with Crippen molar-refractivity contribution in [3.05, 3.63) is 0 Å². The maximum absolute atomic E-state index is 4.55. The van der Waals surface area contributed by atoms with Crippen LogP contribution < -0.4 is 0 Å². The zero-order valence-electron chi connectivity index (χ0n) is 7.75. The summed E-state index contributed by atoms with van der Waals surface area (Å²) in [6.45, 7) is 3.21. The molecule has 12 heavy (non-hydrogen) atoms. The predicted molar refractivity (Wildman–Crippen MR) is 55.6 cm³/mol. The van der Waals surface area contributed by atoms with Gasteiger partial charge in [0.2, 0.25) is 0 Å². The summed E-state index contributed by atoms with van der Waals surface area (Å²) in [5, 5.41) is 2.45. The molecule has 0 aromatic carbocycles. The molecule has 0 radical (unpaired) electrons. The maximum Gasteiger partial charge on any atom is 0.0585 e. The van der Waals surface area contributed by atoms with Gasteiger partial charge in [0, 0.05) is 0 Å². The summed E-state index contributed by atoms with van der Waals surface area (Å²) in [7, 11) is 0. The molecule has 0 N–H and O–H groups in total. The normalized spacial score (nSPS) is 29.4. The van der Waals surface area contributed by atoms with Crippen molar-refractivity contribution in [1.82, 2.24) is 0 Å². The van der Waals surface area contributed by atoms with E-state index in [1.165, 1.54) is 32.1 Å².